The number of aryl methyl sites for hydroxylation is 1. The summed E-state index contributed by atoms with van der Waals surface area (Å²) in [5.74, 6) is -0.0760. The smallest absolute Gasteiger partial charge is 0.409 e. The number of benzene rings is 2. The van der Waals surface area contributed by atoms with E-state index in [-0.39, 0.29) is 0 Å². The topological polar surface area (TPSA) is 123 Å². The summed E-state index contributed by atoms with van der Waals surface area (Å²) >= 11 is 0. The molecule has 138 valence electrons. The van der Waals surface area contributed by atoms with Crippen molar-refractivity contribution in [2.45, 2.75) is 13.5 Å². The Hall–Kier alpha value is -3.74. The summed E-state index contributed by atoms with van der Waals surface area (Å²) in [6, 6.07) is 16.6. The number of hydrogen-bond acceptors (Lipinski definition) is 4. The van der Waals surface area contributed by atoms with Gasteiger partial charge in [-0.15, -0.1) is 0 Å². The van der Waals surface area contributed by atoms with Gasteiger partial charge in [0.05, 0.1) is 5.56 Å². The third kappa shape index (κ3) is 4.27. The molecule has 1 aromatic heterocycles. The van der Waals surface area contributed by atoms with Gasteiger partial charge in [-0.3, -0.25) is 4.79 Å². The Bertz CT molecular complexity index is 994. The van der Waals surface area contributed by atoms with Crippen LogP contribution in [0, 0.1) is 6.92 Å². The summed E-state index contributed by atoms with van der Waals surface area (Å²) in [7, 11) is 0. The quantitative estimate of drug-likeness (QED) is 0.536. The number of hydrogen-bond donors (Lipinski definition) is 4. The standard InChI is InChI=1S/C20H20N4O3/c1-12-16(19(21)25)10-18(24-12)15-7-2-3-8-17(15)23-11-13-5-4-6-14(9-13)27-20(22)26/h2-10,23-24H,11H2,1H3,(H2,21,25)(H2,22,26). The Morgan fingerprint density at radius 2 is 1.85 bits per heavy atom. The molecule has 6 N–H and O–H groups in total. The molecule has 0 bridgehead atoms. The van der Waals surface area contributed by atoms with Crippen LogP contribution in [0.25, 0.3) is 11.3 Å². The summed E-state index contributed by atoms with van der Waals surface area (Å²) < 4.78 is 4.90. The van der Waals surface area contributed by atoms with Gasteiger partial charge in [0.2, 0.25) is 0 Å². The van der Waals surface area contributed by atoms with Crippen LogP contribution in [0.4, 0.5) is 10.5 Å². The number of primary amides is 2. The molecule has 7 heteroatoms. The monoisotopic (exact) mass is 364 g/mol. The minimum absolute atomic E-state index is 0.390. The van der Waals surface area contributed by atoms with Gasteiger partial charge >= 0.3 is 6.09 Å². The third-order valence-corrected chi connectivity index (χ3v) is 4.10. The van der Waals surface area contributed by atoms with E-state index in [9.17, 15) is 9.59 Å². The highest BCUT2D eigenvalue weighted by atomic mass is 16.5. The number of nitrogens with two attached hydrogens (primary N) is 2. The summed E-state index contributed by atoms with van der Waals surface area (Å²) in [4.78, 5) is 25.6. The largest absolute Gasteiger partial charge is 0.410 e. The molecule has 2 aromatic carbocycles. The number of aromatic nitrogens is 1. The van der Waals surface area contributed by atoms with Crippen molar-refractivity contribution in [2.75, 3.05) is 5.32 Å². The highest BCUT2D eigenvalue weighted by molar-refractivity contribution is 5.96. The predicted octanol–water partition coefficient (Wildman–Crippen LogP) is 3.16. The van der Waals surface area contributed by atoms with Crippen LogP contribution < -0.4 is 21.5 Å². The number of carbonyl (C=O) groups is 2. The van der Waals surface area contributed by atoms with Gasteiger partial charge in [0.25, 0.3) is 5.91 Å². The van der Waals surface area contributed by atoms with Crippen molar-refractivity contribution in [1.29, 1.82) is 0 Å². The molecule has 0 fully saturated rings. The van der Waals surface area contributed by atoms with Crippen molar-refractivity contribution in [2.24, 2.45) is 11.5 Å². The normalized spacial score (nSPS) is 10.4. The van der Waals surface area contributed by atoms with E-state index in [1.807, 2.05) is 37.3 Å². The molecular formula is C20H20N4O3. The number of H-pyrrole nitrogens is 1. The van der Waals surface area contributed by atoms with Gasteiger partial charge in [-0.25, -0.2) is 4.79 Å². The number of aromatic amines is 1. The van der Waals surface area contributed by atoms with Crippen LogP contribution in [0.2, 0.25) is 0 Å². The zero-order chi connectivity index (χ0) is 19.4. The Morgan fingerprint density at radius 1 is 1.07 bits per heavy atom. The second kappa shape index (κ2) is 7.65. The number of amides is 2. The summed E-state index contributed by atoms with van der Waals surface area (Å²) in [6.07, 6.45) is -0.849. The van der Waals surface area contributed by atoms with Gasteiger partial charge in [0, 0.05) is 29.2 Å². The lowest BCUT2D eigenvalue weighted by molar-refractivity contribution is 0.1000. The Balaban J connectivity index is 1.82. The van der Waals surface area contributed by atoms with E-state index in [1.54, 1.807) is 24.3 Å². The molecule has 3 aromatic rings. The van der Waals surface area contributed by atoms with E-state index < -0.39 is 12.0 Å². The van der Waals surface area contributed by atoms with Crippen LogP contribution >= 0.6 is 0 Å². The Labute approximate surface area is 156 Å². The van der Waals surface area contributed by atoms with Gasteiger partial charge in [-0.2, -0.15) is 0 Å². The molecule has 0 saturated heterocycles. The molecule has 27 heavy (non-hydrogen) atoms. The molecule has 3 rings (SSSR count). The first-order valence-corrected chi connectivity index (χ1v) is 8.33. The molecule has 0 aliphatic carbocycles. The lowest BCUT2D eigenvalue weighted by Gasteiger charge is -2.12. The van der Waals surface area contributed by atoms with Crippen LogP contribution in [0.3, 0.4) is 0 Å². The van der Waals surface area contributed by atoms with Crippen molar-refractivity contribution in [1.82, 2.24) is 4.98 Å². The molecular weight excluding hydrogens is 344 g/mol. The molecule has 0 atom stereocenters. The van der Waals surface area contributed by atoms with Crippen molar-refractivity contribution in [3.63, 3.8) is 0 Å². The molecule has 0 saturated carbocycles. The maximum absolute atomic E-state index is 11.5. The van der Waals surface area contributed by atoms with Crippen molar-refractivity contribution >= 4 is 17.7 Å². The van der Waals surface area contributed by atoms with Crippen LogP contribution in [-0.2, 0) is 6.54 Å². The fourth-order valence-electron chi connectivity index (χ4n) is 2.86. The van der Waals surface area contributed by atoms with E-state index in [0.29, 0.717) is 17.9 Å². The zero-order valence-corrected chi connectivity index (χ0v) is 14.8. The van der Waals surface area contributed by atoms with E-state index in [1.165, 1.54) is 0 Å². The highest BCUT2D eigenvalue weighted by Gasteiger charge is 2.13. The SMILES string of the molecule is Cc1[nH]c(-c2ccccc2NCc2cccc(OC(N)=O)c2)cc1C(N)=O. The maximum atomic E-state index is 11.5. The van der Waals surface area contributed by atoms with Gasteiger partial charge < -0.3 is 26.5 Å². The molecule has 0 aliphatic heterocycles. The fourth-order valence-corrected chi connectivity index (χ4v) is 2.86. The Morgan fingerprint density at radius 3 is 2.56 bits per heavy atom. The second-order valence-electron chi connectivity index (χ2n) is 6.05. The molecule has 0 spiro atoms. The summed E-state index contributed by atoms with van der Waals surface area (Å²) in [5.41, 5.74) is 15.2. The molecule has 0 radical (unpaired) electrons. The predicted molar refractivity (Wildman–Crippen MR) is 103 cm³/mol. The molecule has 7 nitrogen and oxygen atoms in total. The van der Waals surface area contributed by atoms with Gasteiger partial charge in [-0.05, 0) is 36.8 Å². The summed E-state index contributed by atoms with van der Waals surface area (Å²) in [5, 5.41) is 3.36. The second-order valence-corrected chi connectivity index (χ2v) is 6.05. The van der Waals surface area contributed by atoms with E-state index >= 15 is 0 Å². The van der Waals surface area contributed by atoms with Crippen molar-refractivity contribution in [3.8, 4) is 17.0 Å². The highest BCUT2D eigenvalue weighted by Crippen LogP contribution is 2.29. The Kier molecular flexibility index (Phi) is 5.12. The van der Waals surface area contributed by atoms with Crippen LogP contribution in [0.5, 0.6) is 5.75 Å². The van der Waals surface area contributed by atoms with Gasteiger partial charge in [-0.1, -0.05) is 30.3 Å². The molecule has 0 aliphatic rings. The third-order valence-electron chi connectivity index (χ3n) is 4.10. The number of rotatable bonds is 6. The number of nitrogens with one attached hydrogen (secondary N) is 2. The first-order chi connectivity index (χ1) is 12.9. The lowest BCUT2D eigenvalue weighted by Crippen LogP contribution is -2.16. The maximum Gasteiger partial charge on any atom is 0.409 e. The molecule has 0 unspecified atom stereocenters. The molecule has 2 amide bonds. The van der Waals surface area contributed by atoms with Crippen molar-refractivity contribution in [3.05, 3.63) is 71.4 Å². The van der Waals surface area contributed by atoms with Gasteiger partial charge in [0.1, 0.15) is 5.75 Å². The average Bonchev–Trinajstić information content (AvgIpc) is 3.02. The van der Waals surface area contributed by atoms with Gasteiger partial charge in [0.15, 0.2) is 0 Å². The first-order valence-electron chi connectivity index (χ1n) is 8.33. The number of para-hydroxylation sites is 1. The minimum Gasteiger partial charge on any atom is -0.410 e. The number of ether oxygens (including phenoxy) is 1. The van der Waals surface area contributed by atoms with Crippen LogP contribution in [-0.4, -0.2) is 17.0 Å². The van der Waals surface area contributed by atoms with Crippen LogP contribution in [0.1, 0.15) is 21.6 Å². The average molecular weight is 364 g/mol. The summed E-state index contributed by atoms with van der Waals surface area (Å²) in [6.45, 7) is 2.32. The first kappa shape index (κ1) is 18.1. The van der Waals surface area contributed by atoms with Crippen molar-refractivity contribution < 1.29 is 14.3 Å². The number of anilines is 1. The van der Waals surface area contributed by atoms with E-state index in [4.69, 9.17) is 16.2 Å². The van der Waals surface area contributed by atoms with E-state index in [2.05, 4.69) is 10.3 Å². The molecule has 1 heterocycles. The number of carbonyl (C=O) groups excluding carboxylic acids is 2. The lowest BCUT2D eigenvalue weighted by atomic mass is 10.1. The zero-order valence-electron chi connectivity index (χ0n) is 14.8. The fraction of sp³-hybridized carbons (Fsp3) is 0.100. The van der Waals surface area contributed by atoms with E-state index in [0.717, 1.165) is 28.2 Å². The minimum atomic E-state index is -0.849. The van der Waals surface area contributed by atoms with Crippen LogP contribution in [0.15, 0.2) is 54.6 Å².